The predicted molar refractivity (Wildman–Crippen MR) is 38.7 cm³/mol. The average Bonchev–Trinajstić information content (AvgIpc) is 2.30. The largest absolute Gasteiger partial charge is 0.401 e. The smallest absolute Gasteiger partial charge is 0.393 e. The van der Waals surface area contributed by atoms with Crippen molar-refractivity contribution in [2.45, 2.75) is 37.7 Å². The van der Waals surface area contributed by atoms with E-state index in [0.717, 1.165) is 0 Å². The van der Waals surface area contributed by atoms with E-state index in [4.69, 9.17) is 5.11 Å². The zero-order valence-electron chi connectivity index (χ0n) is 7.49. The van der Waals surface area contributed by atoms with Crippen molar-refractivity contribution in [2.24, 2.45) is 5.92 Å². The summed E-state index contributed by atoms with van der Waals surface area (Å²) in [6.07, 6.45) is -12.5. The summed E-state index contributed by atoms with van der Waals surface area (Å²) in [7, 11) is 0. The van der Waals surface area contributed by atoms with Gasteiger partial charge >= 0.3 is 12.4 Å². The van der Waals surface area contributed by atoms with E-state index in [9.17, 15) is 26.3 Å². The van der Waals surface area contributed by atoms with Crippen LogP contribution in [0.4, 0.5) is 26.3 Å². The second kappa shape index (κ2) is 3.84. The molecular formula is C8H9F6O. The third-order valence-electron chi connectivity index (χ3n) is 2.40. The first-order valence-corrected chi connectivity index (χ1v) is 4.31. The van der Waals surface area contributed by atoms with E-state index in [2.05, 4.69) is 0 Å². The number of alkyl halides is 6. The second-order valence-electron chi connectivity index (χ2n) is 3.50. The standard InChI is InChI=1S/C8H9F6O/c9-7(10,11)6(8(12,13)14)4-2-1-3-5(4)15/h5-6,15H,1-3H2. The number of hydrogen-bond donors (Lipinski definition) is 1. The van der Waals surface area contributed by atoms with Gasteiger partial charge in [0.15, 0.2) is 5.92 Å². The topological polar surface area (TPSA) is 20.2 Å². The molecule has 1 saturated carbocycles. The summed E-state index contributed by atoms with van der Waals surface area (Å²) >= 11 is 0. The molecule has 7 heteroatoms. The predicted octanol–water partition coefficient (Wildman–Crippen LogP) is 2.85. The number of aliphatic hydroxyl groups is 1. The Labute approximate surface area is 82.1 Å². The summed E-state index contributed by atoms with van der Waals surface area (Å²) in [6, 6.07) is 0. The van der Waals surface area contributed by atoms with Crippen LogP contribution in [0.15, 0.2) is 0 Å². The number of rotatable bonds is 1. The van der Waals surface area contributed by atoms with Crippen molar-refractivity contribution < 1.29 is 31.4 Å². The Morgan fingerprint density at radius 1 is 1.07 bits per heavy atom. The SMILES string of the molecule is OC1CCC[C]1C(C(F)(F)F)C(F)(F)F. The molecule has 1 nitrogen and oxygen atoms in total. The fourth-order valence-corrected chi connectivity index (χ4v) is 1.79. The van der Waals surface area contributed by atoms with Crippen LogP contribution in [0.3, 0.4) is 0 Å². The van der Waals surface area contributed by atoms with Crippen molar-refractivity contribution in [1.29, 1.82) is 0 Å². The molecule has 1 radical (unpaired) electrons. The third kappa shape index (κ3) is 2.76. The van der Waals surface area contributed by atoms with Crippen molar-refractivity contribution in [3.8, 4) is 0 Å². The molecule has 0 aromatic heterocycles. The van der Waals surface area contributed by atoms with Crippen LogP contribution in [-0.2, 0) is 0 Å². The lowest BCUT2D eigenvalue weighted by Crippen LogP contribution is -2.43. The molecule has 0 aliphatic heterocycles. The van der Waals surface area contributed by atoms with E-state index in [0.29, 0.717) is 0 Å². The lowest BCUT2D eigenvalue weighted by molar-refractivity contribution is -0.281. The zero-order valence-corrected chi connectivity index (χ0v) is 7.49. The third-order valence-corrected chi connectivity index (χ3v) is 2.40. The molecule has 1 N–H and O–H groups in total. The summed E-state index contributed by atoms with van der Waals surface area (Å²) in [5.41, 5.74) is 0. The fraction of sp³-hybridized carbons (Fsp3) is 0.875. The van der Waals surface area contributed by atoms with E-state index in [1.54, 1.807) is 0 Å². The molecule has 0 heterocycles. The van der Waals surface area contributed by atoms with E-state index in [1.165, 1.54) is 0 Å². The van der Waals surface area contributed by atoms with E-state index >= 15 is 0 Å². The number of aliphatic hydroxyl groups excluding tert-OH is 1. The maximum Gasteiger partial charge on any atom is 0.401 e. The van der Waals surface area contributed by atoms with Gasteiger partial charge in [-0.3, -0.25) is 0 Å². The van der Waals surface area contributed by atoms with Gasteiger partial charge in [-0.15, -0.1) is 0 Å². The first-order chi connectivity index (χ1) is 6.64. The highest BCUT2D eigenvalue weighted by Gasteiger charge is 2.62. The highest BCUT2D eigenvalue weighted by molar-refractivity contribution is 5.11. The van der Waals surface area contributed by atoms with Gasteiger partial charge in [-0.25, -0.2) is 0 Å². The molecule has 15 heavy (non-hydrogen) atoms. The van der Waals surface area contributed by atoms with Crippen LogP contribution in [0.1, 0.15) is 19.3 Å². The highest BCUT2D eigenvalue weighted by Crippen LogP contribution is 2.50. The van der Waals surface area contributed by atoms with Gasteiger partial charge in [0, 0.05) is 5.92 Å². The van der Waals surface area contributed by atoms with Crippen LogP contribution in [0.5, 0.6) is 0 Å². The number of halogens is 6. The highest BCUT2D eigenvalue weighted by atomic mass is 19.4. The van der Waals surface area contributed by atoms with Crippen LogP contribution in [0.25, 0.3) is 0 Å². The Kier molecular flexibility index (Phi) is 3.23. The first-order valence-electron chi connectivity index (χ1n) is 4.31. The molecule has 1 unspecified atom stereocenters. The van der Waals surface area contributed by atoms with E-state index < -0.39 is 30.3 Å². The van der Waals surface area contributed by atoms with Crippen molar-refractivity contribution >= 4 is 0 Å². The summed E-state index contributed by atoms with van der Waals surface area (Å²) < 4.78 is 73.1. The molecule has 0 spiro atoms. The van der Waals surface area contributed by atoms with Gasteiger partial charge in [-0.2, -0.15) is 26.3 Å². The van der Waals surface area contributed by atoms with Crippen LogP contribution in [-0.4, -0.2) is 23.6 Å². The fourth-order valence-electron chi connectivity index (χ4n) is 1.79. The molecule has 1 atom stereocenters. The van der Waals surface area contributed by atoms with Crippen molar-refractivity contribution in [1.82, 2.24) is 0 Å². The van der Waals surface area contributed by atoms with Crippen LogP contribution < -0.4 is 0 Å². The molecular weight excluding hydrogens is 226 g/mol. The van der Waals surface area contributed by atoms with Gasteiger partial charge in [0.1, 0.15) is 0 Å². The summed E-state index contributed by atoms with van der Waals surface area (Å²) in [5.74, 6) is -4.34. The normalized spacial score (nSPS) is 25.2. The minimum absolute atomic E-state index is 0.0298. The van der Waals surface area contributed by atoms with E-state index in [-0.39, 0.29) is 19.3 Å². The molecule has 1 aliphatic carbocycles. The van der Waals surface area contributed by atoms with Gasteiger partial charge in [0.25, 0.3) is 0 Å². The van der Waals surface area contributed by atoms with Crippen LogP contribution >= 0.6 is 0 Å². The average molecular weight is 235 g/mol. The van der Waals surface area contributed by atoms with Crippen molar-refractivity contribution in [2.75, 3.05) is 0 Å². The first kappa shape index (κ1) is 12.6. The molecule has 0 aromatic rings. The van der Waals surface area contributed by atoms with Gasteiger partial charge in [-0.1, -0.05) is 6.42 Å². The van der Waals surface area contributed by atoms with Gasteiger partial charge in [-0.05, 0) is 12.8 Å². The quantitative estimate of drug-likeness (QED) is 0.693. The Balaban J connectivity index is 2.91. The lowest BCUT2D eigenvalue weighted by atomic mass is 9.88. The van der Waals surface area contributed by atoms with Crippen molar-refractivity contribution in [3.63, 3.8) is 0 Å². The molecule has 89 valence electrons. The molecule has 0 bridgehead atoms. The maximum atomic E-state index is 12.2. The summed E-state index contributed by atoms with van der Waals surface area (Å²) in [4.78, 5) is 0. The molecule has 1 rings (SSSR count). The minimum Gasteiger partial charge on any atom is -0.393 e. The molecule has 0 saturated heterocycles. The van der Waals surface area contributed by atoms with Crippen LogP contribution in [0, 0.1) is 11.8 Å². The molecule has 0 amide bonds. The Morgan fingerprint density at radius 2 is 1.53 bits per heavy atom. The second-order valence-corrected chi connectivity index (χ2v) is 3.50. The maximum absolute atomic E-state index is 12.2. The number of hydrogen-bond acceptors (Lipinski definition) is 1. The molecule has 1 aliphatic rings. The van der Waals surface area contributed by atoms with E-state index in [1.807, 2.05) is 0 Å². The van der Waals surface area contributed by atoms with Gasteiger partial charge in [0.2, 0.25) is 0 Å². The Hall–Kier alpha value is -0.460. The zero-order chi connectivity index (χ0) is 11.9. The monoisotopic (exact) mass is 235 g/mol. The Morgan fingerprint density at radius 3 is 1.80 bits per heavy atom. The van der Waals surface area contributed by atoms with Gasteiger partial charge in [0.05, 0.1) is 6.10 Å². The lowest BCUT2D eigenvalue weighted by Gasteiger charge is -2.29. The van der Waals surface area contributed by atoms with Gasteiger partial charge < -0.3 is 5.11 Å². The van der Waals surface area contributed by atoms with Crippen LogP contribution in [0.2, 0.25) is 0 Å². The molecule has 1 fully saturated rings. The summed E-state index contributed by atoms with van der Waals surface area (Å²) in [5, 5.41) is 9.05. The minimum atomic E-state index is -5.38. The summed E-state index contributed by atoms with van der Waals surface area (Å²) in [6.45, 7) is 0. The Bertz CT molecular complexity index is 206. The molecule has 0 aromatic carbocycles. The van der Waals surface area contributed by atoms with Crippen molar-refractivity contribution in [3.05, 3.63) is 5.92 Å².